The lowest BCUT2D eigenvalue weighted by molar-refractivity contribution is 0.0767. The van der Waals surface area contributed by atoms with Crippen LogP contribution in [0.5, 0.6) is 0 Å². The average Bonchev–Trinajstić information content (AvgIpc) is 2.51. The number of aromatic nitrogens is 2. The summed E-state index contributed by atoms with van der Waals surface area (Å²) in [5, 5.41) is 3.98. The number of hydrogen-bond donors (Lipinski definition) is 1. The Hall–Kier alpha value is -1.85. The fourth-order valence-electron chi connectivity index (χ4n) is 1.92. The SMILES string of the molecule is CCN(CC)C(=O)c1ccnc(Nc2ccc(Cl)cc2Cl)n1. The molecule has 1 aromatic heterocycles. The van der Waals surface area contributed by atoms with Crippen molar-refractivity contribution in [1.82, 2.24) is 14.9 Å². The second-order valence-electron chi connectivity index (χ2n) is 4.49. The summed E-state index contributed by atoms with van der Waals surface area (Å²) < 4.78 is 0. The fraction of sp³-hybridized carbons (Fsp3) is 0.267. The number of halogens is 2. The molecule has 0 radical (unpaired) electrons. The molecule has 1 N–H and O–H groups in total. The van der Waals surface area contributed by atoms with Gasteiger partial charge >= 0.3 is 0 Å². The number of nitrogens with zero attached hydrogens (tertiary/aromatic N) is 3. The summed E-state index contributed by atoms with van der Waals surface area (Å²) in [5.41, 5.74) is 0.963. The molecule has 0 atom stereocenters. The highest BCUT2D eigenvalue weighted by atomic mass is 35.5. The van der Waals surface area contributed by atoms with Crippen molar-refractivity contribution in [3.05, 3.63) is 46.2 Å². The molecule has 0 aliphatic rings. The van der Waals surface area contributed by atoms with Gasteiger partial charge < -0.3 is 10.2 Å². The molecule has 22 heavy (non-hydrogen) atoms. The predicted octanol–water partition coefficient (Wildman–Crippen LogP) is 4.01. The third-order valence-electron chi connectivity index (χ3n) is 3.10. The molecule has 0 aliphatic carbocycles. The maximum absolute atomic E-state index is 12.3. The maximum atomic E-state index is 12.3. The number of benzene rings is 1. The van der Waals surface area contributed by atoms with Crippen LogP contribution in [0.1, 0.15) is 24.3 Å². The highest BCUT2D eigenvalue weighted by Crippen LogP contribution is 2.27. The molecule has 0 saturated carbocycles. The minimum Gasteiger partial charge on any atom is -0.338 e. The largest absolute Gasteiger partial charge is 0.338 e. The van der Waals surface area contributed by atoms with Crippen LogP contribution in [0.2, 0.25) is 10.0 Å². The van der Waals surface area contributed by atoms with Crippen LogP contribution in [0, 0.1) is 0 Å². The molecular formula is C15H16Cl2N4O. The Bertz CT molecular complexity index is 674. The van der Waals surface area contributed by atoms with Gasteiger partial charge in [0.1, 0.15) is 5.69 Å². The minimum absolute atomic E-state index is 0.127. The molecule has 0 bridgehead atoms. The number of hydrogen-bond acceptors (Lipinski definition) is 4. The number of anilines is 2. The molecule has 1 heterocycles. The van der Waals surface area contributed by atoms with Gasteiger partial charge in [-0.15, -0.1) is 0 Å². The van der Waals surface area contributed by atoms with Crippen molar-refractivity contribution in [2.24, 2.45) is 0 Å². The van der Waals surface area contributed by atoms with E-state index in [9.17, 15) is 4.79 Å². The van der Waals surface area contributed by atoms with Gasteiger partial charge in [0.25, 0.3) is 5.91 Å². The second-order valence-corrected chi connectivity index (χ2v) is 5.34. The van der Waals surface area contributed by atoms with Crippen molar-refractivity contribution in [2.45, 2.75) is 13.8 Å². The molecule has 5 nitrogen and oxygen atoms in total. The van der Waals surface area contributed by atoms with Crippen LogP contribution in [0.4, 0.5) is 11.6 Å². The number of carbonyl (C=O) groups is 1. The molecule has 7 heteroatoms. The van der Waals surface area contributed by atoms with Crippen molar-refractivity contribution in [3.63, 3.8) is 0 Å². The molecule has 0 unspecified atom stereocenters. The zero-order valence-corrected chi connectivity index (χ0v) is 13.8. The van der Waals surface area contributed by atoms with Crippen molar-refractivity contribution in [3.8, 4) is 0 Å². The van der Waals surface area contributed by atoms with Gasteiger partial charge in [-0.2, -0.15) is 0 Å². The van der Waals surface area contributed by atoms with E-state index in [1.807, 2.05) is 13.8 Å². The summed E-state index contributed by atoms with van der Waals surface area (Å²) in [5.74, 6) is 0.180. The lowest BCUT2D eigenvalue weighted by Gasteiger charge is -2.18. The molecule has 2 aromatic rings. The topological polar surface area (TPSA) is 58.1 Å². The van der Waals surface area contributed by atoms with E-state index in [-0.39, 0.29) is 5.91 Å². The van der Waals surface area contributed by atoms with Crippen LogP contribution in [0.3, 0.4) is 0 Å². The van der Waals surface area contributed by atoms with Gasteiger partial charge in [-0.1, -0.05) is 23.2 Å². The summed E-state index contributed by atoms with van der Waals surface area (Å²) in [6.07, 6.45) is 1.54. The number of amides is 1. The fourth-order valence-corrected chi connectivity index (χ4v) is 2.38. The lowest BCUT2D eigenvalue weighted by atomic mass is 10.3. The van der Waals surface area contributed by atoms with Crippen LogP contribution in [0.15, 0.2) is 30.5 Å². The Kier molecular flexibility index (Phi) is 5.57. The lowest BCUT2D eigenvalue weighted by Crippen LogP contribution is -2.31. The summed E-state index contributed by atoms with van der Waals surface area (Å²) in [6.45, 7) is 5.11. The first-order chi connectivity index (χ1) is 10.5. The van der Waals surface area contributed by atoms with E-state index < -0.39 is 0 Å². The summed E-state index contributed by atoms with van der Waals surface area (Å²) in [7, 11) is 0. The molecule has 0 aliphatic heterocycles. The molecule has 1 aromatic carbocycles. The van der Waals surface area contributed by atoms with Crippen LogP contribution < -0.4 is 5.32 Å². The van der Waals surface area contributed by atoms with Crippen LogP contribution in [0.25, 0.3) is 0 Å². The molecule has 0 spiro atoms. The van der Waals surface area contributed by atoms with Crippen molar-refractivity contribution in [1.29, 1.82) is 0 Å². The van der Waals surface area contributed by atoms with Gasteiger partial charge in [0.15, 0.2) is 0 Å². The van der Waals surface area contributed by atoms with E-state index >= 15 is 0 Å². The normalized spacial score (nSPS) is 10.4. The summed E-state index contributed by atoms with van der Waals surface area (Å²) >= 11 is 12.0. The number of rotatable bonds is 5. The van der Waals surface area contributed by atoms with Gasteiger partial charge in [0.05, 0.1) is 10.7 Å². The molecule has 2 rings (SSSR count). The van der Waals surface area contributed by atoms with Gasteiger partial charge in [-0.3, -0.25) is 4.79 Å². The molecular weight excluding hydrogens is 323 g/mol. The molecule has 1 amide bonds. The highest BCUT2D eigenvalue weighted by molar-refractivity contribution is 6.36. The first-order valence-corrected chi connectivity index (χ1v) is 7.65. The van der Waals surface area contributed by atoms with E-state index in [2.05, 4.69) is 15.3 Å². The second kappa shape index (κ2) is 7.42. The van der Waals surface area contributed by atoms with E-state index in [1.54, 1.807) is 29.2 Å². The van der Waals surface area contributed by atoms with Crippen molar-refractivity contribution >= 4 is 40.7 Å². The van der Waals surface area contributed by atoms with Crippen LogP contribution >= 0.6 is 23.2 Å². The highest BCUT2D eigenvalue weighted by Gasteiger charge is 2.15. The van der Waals surface area contributed by atoms with E-state index in [0.29, 0.717) is 40.5 Å². The first-order valence-electron chi connectivity index (χ1n) is 6.89. The van der Waals surface area contributed by atoms with Crippen LogP contribution in [-0.4, -0.2) is 33.9 Å². The van der Waals surface area contributed by atoms with E-state index in [1.165, 1.54) is 6.20 Å². The third kappa shape index (κ3) is 3.87. The smallest absolute Gasteiger partial charge is 0.272 e. The van der Waals surface area contributed by atoms with Crippen LogP contribution in [-0.2, 0) is 0 Å². The molecule has 0 saturated heterocycles. The van der Waals surface area contributed by atoms with E-state index in [0.717, 1.165) is 0 Å². The average molecular weight is 339 g/mol. The molecule has 0 fully saturated rings. The Morgan fingerprint density at radius 2 is 1.95 bits per heavy atom. The third-order valence-corrected chi connectivity index (χ3v) is 3.65. The molecule has 116 valence electrons. The predicted molar refractivity (Wildman–Crippen MR) is 89.0 cm³/mol. The monoisotopic (exact) mass is 338 g/mol. The summed E-state index contributed by atoms with van der Waals surface area (Å²) in [4.78, 5) is 22.3. The zero-order valence-electron chi connectivity index (χ0n) is 12.3. The number of nitrogens with one attached hydrogen (secondary N) is 1. The minimum atomic E-state index is -0.127. The van der Waals surface area contributed by atoms with Gasteiger partial charge in [0.2, 0.25) is 5.95 Å². The van der Waals surface area contributed by atoms with Gasteiger partial charge in [0, 0.05) is 24.3 Å². The Morgan fingerprint density at radius 1 is 1.23 bits per heavy atom. The van der Waals surface area contributed by atoms with E-state index in [4.69, 9.17) is 23.2 Å². The Morgan fingerprint density at radius 3 is 2.59 bits per heavy atom. The quantitative estimate of drug-likeness (QED) is 0.894. The Balaban J connectivity index is 2.23. The first kappa shape index (κ1) is 16.5. The zero-order chi connectivity index (χ0) is 16.1. The van der Waals surface area contributed by atoms with Crippen molar-refractivity contribution < 1.29 is 4.79 Å². The van der Waals surface area contributed by atoms with Crippen molar-refractivity contribution in [2.75, 3.05) is 18.4 Å². The standard InChI is InChI=1S/C15H16Cl2N4O/c1-3-21(4-2)14(22)13-7-8-18-15(20-13)19-12-6-5-10(16)9-11(12)17/h5-9H,3-4H2,1-2H3,(H,18,19,20). The van der Waals surface area contributed by atoms with Gasteiger partial charge in [-0.05, 0) is 38.1 Å². The van der Waals surface area contributed by atoms with Gasteiger partial charge in [-0.25, -0.2) is 9.97 Å². The maximum Gasteiger partial charge on any atom is 0.272 e. The summed E-state index contributed by atoms with van der Waals surface area (Å²) in [6, 6.07) is 6.65. The Labute approximate surface area is 139 Å². The number of carbonyl (C=O) groups excluding carboxylic acids is 1.